The monoisotopic (exact) mass is 375 g/mol. The van der Waals surface area contributed by atoms with E-state index in [2.05, 4.69) is 29.4 Å². The van der Waals surface area contributed by atoms with Crippen LogP contribution in [0.5, 0.6) is 5.75 Å². The number of likely N-dealkylation sites (tertiary alicyclic amines) is 1. The highest BCUT2D eigenvalue weighted by Crippen LogP contribution is 2.27. The number of aromatic nitrogens is 4. The van der Waals surface area contributed by atoms with Gasteiger partial charge in [0.1, 0.15) is 11.4 Å². The molecule has 1 aliphatic heterocycles. The van der Waals surface area contributed by atoms with E-state index in [0.717, 1.165) is 18.5 Å². The quantitative estimate of drug-likeness (QED) is 0.723. The highest BCUT2D eigenvalue weighted by Gasteiger charge is 2.29. The molecule has 0 N–H and O–H groups in total. The van der Waals surface area contributed by atoms with Gasteiger partial charge in [-0.1, -0.05) is 23.9 Å². The number of tetrazole rings is 1. The van der Waals surface area contributed by atoms with Crippen LogP contribution in [0.4, 0.5) is 0 Å². The van der Waals surface area contributed by atoms with Crippen LogP contribution in [-0.2, 0) is 4.79 Å². The fourth-order valence-electron chi connectivity index (χ4n) is 3.44. The first-order chi connectivity index (χ1) is 12.6. The Kier molecular flexibility index (Phi) is 6.13. The van der Waals surface area contributed by atoms with E-state index in [1.807, 2.05) is 36.1 Å². The van der Waals surface area contributed by atoms with E-state index in [0.29, 0.717) is 35.3 Å². The molecule has 0 bridgehead atoms. The number of rotatable bonds is 6. The molecule has 8 heteroatoms. The summed E-state index contributed by atoms with van der Waals surface area (Å²) in [6.45, 7) is 6.75. The normalized spacial score (nSPS) is 20.2. The van der Waals surface area contributed by atoms with Crippen molar-refractivity contribution in [3.8, 4) is 11.4 Å². The molecule has 140 valence electrons. The van der Waals surface area contributed by atoms with Crippen LogP contribution >= 0.6 is 11.8 Å². The Labute approximate surface area is 158 Å². The van der Waals surface area contributed by atoms with Gasteiger partial charge in [0.05, 0.1) is 12.4 Å². The molecular weight excluding hydrogens is 350 g/mol. The van der Waals surface area contributed by atoms with Gasteiger partial charge in [0.25, 0.3) is 0 Å². The van der Waals surface area contributed by atoms with Crippen molar-refractivity contribution in [1.29, 1.82) is 0 Å². The molecule has 2 heterocycles. The third kappa shape index (κ3) is 4.00. The summed E-state index contributed by atoms with van der Waals surface area (Å²) in [4.78, 5) is 14.7. The Bertz CT molecular complexity index is 741. The van der Waals surface area contributed by atoms with Crippen LogP contribution in [-0.4, -0.2) is 55.5 Å². The topological polar surface area (TPSA) is 73.1 Å². The first-order valence-electron chi connectivity index (χ1n) is 9.06. The summed E-state index contributed by atoms with van der Waals surface area (Å²) < 4.78 is 7.29. The van der Waals surface area contributed by atoms with Crippen molar-refractivity contribution in [2.24, 2.45) is 0 Å². The molecule has 0 saturated carbocycles. The minimum atomic E-state index is 0.141. The predicted molar refractivity (Wildman–Crippen MR) is 101 cm³/mol. The number of ether oxygens (including phenoxy) is 1. The average molecular weight is 375 g/mol. The van der Waals surface area contributed by atoms with Crippen molar-refractivity contribution in [2.75, 3.05) is 12.4 Å². The molecule has 1 saturated heterocycles. The molecule has 26 heavy (non-hydrogen) atoms. The standard InChI is InChI=1S/C18H25N5O2S/c1-4-25-16-11-6-5-10-15(16)23-18(19-20-21-23)26-12-17(24)22-13(2)8-7-9-14(22)3/h5-6,10-11,13-14H,4,7-9,12H2,1-3H3. The van der Waals surface area contributed by atoms with Gasteiger partial charge in [-0.15, -0.1) is 5.10 Å². The number of thioether (sulfide) groups is 1. The average Bonchev–Trinajstić information content (AvgIpc) is 3.09. The molecule has 2 aromatic rings. The Morgan fingerprint density at radius 1 is 1.27 bits per heavy atom. The van der Waals surface area contributed by atoms with Crippen LogP contribution in [0.1, 0.15) is 40.0 Å². The van der Waals surface area contributed by atoms with Crippen molar-refractivity contribution in [3.63, 3.8) is 0 Å². The lowest BCUT2D eigenvalue weighted by atomic mass is 9.98. The lowest BCUT2D eigenvalue weighted by Gasteiger charge is -2.39. The molecule has 0 spiro atoms. The molecular formula is C18H25N5O2S. The SMILES string of the molecule is CCOc1ccccc1-n1nnnc1SCC(=O)N1C(C)CCCC1C. The molecule has 2 atom stereocenters. The van der Waals surface area contributed by atoms with E-state index in [1.54, 1.807) is 4.68 Å². The number of carbonyl (C=O) groups is 1. The lowest BCUT2D eigenvalue weighted by molar-refractivity contribution is -0.134. The second kappa shape index (κ2) is 8.53. The fourth-order valence-corrected chi connectivity index (χ4v) is 4.20. The highest BCUT2D eigenvalue weighted by atomic mass is 32.2. The van der Waals surface area contributed by atoms with E-state index in [4.69, 9.17) is 4.74 Å². The van der Waals surface area contributed by atoms with Crippen LogP contribution in [0.2, 0.25) is 0 Å². The molecule has 0 aliphatic carbocycles. The number of para-hydroxylation sites is 2. The van der Waals surface area contributed by atoms with Gasteiger partial charge in [-0.2, -0.15) is 4.68 Å². The molecule has 1 amide bonds. The van der Waals surface area contributed by atoms with E-state index in [9.17, 15) is 4.79 Å². The summed E-state index contributed by atoms with van der Waals surface area (Å²) in [5.41, 5.74) is 0.772. The second-order valence-corrected chi connectivity index (χ2v) is 7.44. The van der Waals surface area contributed by atoms with E-state index in [-0.39, 0.29) is 5.91 Å². The maximum atomic E-state index is 12.7. The van der Waals surface area contributed by atoms with Crippen LogP contribution < -0.4 is 4.74 Å². The zero-order chi connectivity index (χ0) is 18.5. The molecule has 1 aromatic carbocycles. The van der Waals surface area contributed by atoms with Crippen molar-refractivity contribution in [3.05, 3.63) is 24.3 Å². The van der Waals surface area contributed by atoms with Crippen molar-refractivity contribution >= 4 is 17.7 Å². The summed E-state index contributed by atoms with van der Waals surface area (Å²) >= 11 is 1.36. The number of hydrogen-bond acceptors (Lipinski definition) is 6. The molecule has 3 rings (SSSR count). The van der Waals surface area contributed by atoms with Gasteiger partial charge in [0.2, 0.25) is 11.1 Å². The predicted octanol–water partition coefficient (Wildman–Crippen LogP) is 2.94. The number of hydrogen-bond donors (Lipinski definition) is 0. The van der Waals surface area contributed by atoms with Crippen LogP contribution in [0.25, 0.3) is 5.69 Å². The highest BCUT2D eigenvalue weighted by molar-refractivity contribution is 7.99. The first kappa shape index (κ1) is 18.7. The molecule has 0 radical (unpaired) electrons. The molecule has 2 unspecified atom stereocenters. The third-order valence-corrected chi connectivity index (χ3v) is 5.54. The first-order valence-corrected chi connectivity index (χ1v) is 10.0. The number of piperidine rings is 1. The Balaban J connectivity index is 1.73. The summed E-state index contributed by atoms with van der Waals surface area (Å²) in [6, 6.07) is 8.20. The van der Waals surface area contributed by atoms with E-state index in [1.165, 1.54) is 18.2 Å². The molecule has 7 nitrogen and oxygen atoms in total. The van der Waals surface area contributed by atoms with Crippen molar-refractivity contribution in [1.82, 2.24) is 25.1 Å². The number of amides is 1. The maximum Gasteiger partial charge on any atom is 0.233 e. The maximum absolute atomic E-state index is 12.7. The summed E-state index contributed by atoms with van der Waals surface area (Å²) in [6.07, 6.45) is 3.33. The molecule has 1 aromatic heterocycles. The zero-order valence-electron chi connectivity index (χ0n) is 15.5. The van der Waals surface area contributed by atoms with Crippen molar-refractivity contribution in [2.45, 2.75) is 57.3 Å². The van der Waals surface area contributed by atoms with Gasteiger partial charge in [-0.3, -0.25) is 4.79 Å². The van der Waals surface area contributed by atoms with Gasteiger partial charge in [0.15, 0.2) is 0 Å². The smallest absolute Gasteiger partial charge is 0.233 e. The Morgan fingerprint density at radius 2 is 2.00 bits per heavy atom. The summed E-state index contributed by atoms with van der Waals surface area (Å²) in [5.74, 6) is 1.18. The van der Waals surface area contributed by atoms with Crippen LogP contribution in [0, 0.1) is 0 Å². The van der Waals surface area contributed by atoms with Gasteiger partial charge < -0.3 is 9.64 Å². The van der Waals surface area contributed by atoms with Crippen LogP contribution in [0.15, 0.2) is 29.4 Å². The number of carbonyl (C=O) groups excluding carboxylic acids is 1. The van der Waals surface area contributed by atoms with Gasteiger partial charge >= 0.3 is 0 Å². The minimum absolute atomic E-state index is 0.141. The summed E-state index contributed by atoms with van der Waals surface area (Å²) in [7, 11) is 0. The number of benzene rings is 1. The second-order valence-electron chi connectivity index (χ2n) is 6.49. The van der Waals surface area contributed by atoms with E-state index >= 15 is 0 Å². The molecule has 1 fully saturated rings. The zero-order valence-corrected chi connectivity index (χ0v) is 16.3. The Hall–Kier alpha value is -2.09. The van der Waals surface area contributed by atoms with Gasteiger partial charge in [-0.05, 0) is 62.6 Å². The van der Waals surface area contributed by atoms with Gasteiger partial charge in [-0.25, -0.2) is 0 Å². The Morgan fingerprint density at radius 3 is 2.73 bits per heavy atom. The lowest BCUT2D eigenvalue weighted by Crippen LogP contribution is -2.48. The minimum Gasteiger partial charge on any atom is -0.492 e. The molecule has 1 aliphatic rings. The van der Waals surface area contributed by atoms with Crippen molar-refractivity contribution < 1.29 is 9.53 Å². The number of nitrogens with zero attached hydrogens (tertiary/aromatic N) is 5. The van der Waals surface area contributed by atoms with Gasteiger partial charge in [0, 0.05) is 12.1 Å². The fraction of sp³-hybridized carbons (Fsp3) is 0.556. The largest absolute Gasteiger partial charge is 0.492 e. The summed E-state index contributed by atoms with van der Waals surface area (Å²) in [5, 5.41) is 12.5. The third-order valence-electron chi connectivity index (χ3n) is 4.64. The van der Waals surface area contributed by atoms with E-state index < -0.39 is 0 Å². The van der Waals surface area contributed by atoms with Crippen LogP contribution in [0.3, 0.4) is 0 Å².